The molecule has 1 fully saturated rings. The molecule has 2 aromatic carbocycles. The highest BCUT2D eigenvalue weighted by Gasteiger charge is 2.31. The van der Waals surface area contributed by atoms with Crippen molar-refractivity contribution in [2.24, 2.45) is 0 Å². The van der Waals surface area contributed by atoms with E-state index < -0.39 is 17.8 Å². The fraction of sp³-hybridized carbons (Fsp3) is 0.259. The predicted molar refractivity (Wildman–Crippen MR) is 138 cm³/mol. The lowest BCUT2D eigenvalue weighted by Gasteiger charge is -2.29. The van der Waals surface area contributed by atoms with Crippen LogP contribution in [0.2, 0.25) is 0 Å². The van der Waals surface area contributed by atoms with Crippen molar-refractivity contribution in [1.29, 1.82) is 0 Å². The van der Waals surface area contributed by atoms with E-state index >= 15 is 4.39 Å². The Balaban J connectivity index is 1.56. The number of carbonyl (C=O) groups excluding carboxylic acids is 2. The number of piperidine rings is 1. The summed E-state index contributed by atoms with van der Waals surface area (Å²) in [6, 6.07) is 11.5. The van der Waals surface area contributed by atoms with Crippen LogP contribution >= 0.6 is 0 Å². The van der Waals surface area contributed by atoms with Gasteiger partial charge in [-0.15, -0.1) is 5.06 Å². The number of pyridine rings is 1. The summed E-state index contributed by atoms with van der Waals surface area (Å²) in [7, 11) is 0. The van der Waals surface area contributed by atoms with Crippen LogP contribution in [0.15, 0.2) is 48.7 Å². The summed E-state index contributed by atoms with van der Waals surface area (Å²) in [6.45, 7) is 4.66. The molecule has 0 bridgehead atoms. The van der Waals surface area contributed by atoms with Gasteiger partial charge in [-0.1, -0.05) is 24.3 Å². The van der Waals surface area contributed by atoms with Crippen LogP contribution in [0.4, 0.5) is 20.8 Å². The molecule has 0 spiro atoms. The number of likely N-dealkylation sites (tertiary alicyclic amines) is 1. The summed E-state index contributed by atoms with van der Waals surface area (Å²) in [4.78, 5) is 45.5. The van der Waals surface area contributed by atoms with Gasteiger partial charge in [0.15, 0.2) is 5.82 Å². The monoisotopic (exact) mass is 502 g/mol. The average molecular weight is 503 g/mol. The number of rotatable bonds is 3. The SMILES string of the molecule is Cc1nc(N)c(-c2ccc(C(=O)N(OC(=O)N3CCCCC3)c3nccc4cccc(C)c34)c(F)c2)[nH]1. The number of carbonyl (C=O) groups is 2. The Labute approximate surface area is 213 Å². The molecule has 1 aliphatic rings. The minimum Gasteiger partial charge on any atom is -0.382 e. The van der Waals surface area contributed by atoms with Crippen molar-refractivity contribution < 1.29 is 18.8 Å². The largest absolute Gasteiger partial charge is 0.434 e. The zero-order chi connectivity index (χ0) is 26.1. The number of nitrogens with one attached hydrogen (secondary N) is 1. The summed E-state index contributed by atoms with van der Waals surface area (Å²) < 4.78 is 15.4. The maximum absolute atomic E-state index is 15.4. The molecule has 3 N–H and O–H groups in total. The highest BCUT2D eigenvalue weighted by atomic mass is 19.1. The second-order valence-electron chi connectivity index (χ2n) is 9.09. The van der Waals surface area contributed by atoms with E-state index in [1.807, 2.05) is 25.1 Å². The molecule has 0 unspecified atom stereocenters. The van der Waals surface area contributed by atoms with Crippen LogP contribution in [0.3, 0.4) is 0 Å². The zero-order valence-electron chi connectivity index (χ0n) is 20.6. The predicted octanol–water partition coefficient (Wildman–Crippen LogP) is 5.15. The topological polar surface area (TPSA) is 117 Å². The van der Waals surface area contributed by atoms with Gasteiger partial charge in [0.05, 0.1) is 11.3 Å². The average Bonchev–Trinajstić information content (AvgIpc) is 3.24. The Morgan fingerprint density at radius 1 is 1.11 bits per heavy atom. The Morgan fingerprint density at radius 3 is 2.59 bits per heavy atom. The van der Waals surface area contributed by atoms with Gasteiger partial charge in [-0.25, -0.2) is 19.2 Å². The third kappa shape index (κ3) is 4.69. The number of H-pyrrole nitrogens is 1. The van der Waals surface area contributed by atoms with Gasteiger partial charge in [0.2, 0.25) is 0 Å². The van der Waals surface area contributed by atoms with E-state index in [1.54, 1.807) is 24.0 Å². The number of nitrogens with two attached hydrogens (primary N) is 1. The summed E-state index contributed by atoms with van der Waals surface area (Å²) in [5.74, 6) is -0.732. The van der Waals surface area contributed by atoms with E-state index in [0.29, 0.717) is 35.6 Å². The highest BCUT2D eigenvalue weighted by Crippen LogP contribution is 2.31. The Hall–Kier alpha value is -4.47. The number of halogens is 1. The van der Waals surface area contributed by atoms with Crippen molar-refractivity contribution in [2.45, 2.75) is 33.1 Å². The van der Waals surface area contributed by atoms with Crippen LogP contribution in [0.5, 0.6) is 0 Å². The second-order valence-corrected chi connectivity index (χ2v) is 9.09. The van der Waals surface area contributed by atoms with E-state index in [-0.39, 0.29) is 17.2 Å². The van der Waals surface area contributed by atoms with E-state index in [9.17, 15) is 9.59 Å². The molecule has 2 aromatic heterocycles. The molecule has 0 saturated carbocycles. The van der Waals surface area contributed by atoms with Gasteiger partial charge in [0.1, 0.15) is 17.5 Å². The molecule has 0 atom stereocenters. The number of amides is 2. The first-order valence-corrected chi connectivity index (χ1v) is 12.1. The highest BCUT2D eigenvalue weighted by molar-refractivity contribution is 6.10. The number of hydrogen-bond acceptors (Lipinski definition) is 6. The smallest absolute Gasteiger partial charge is 0.382 e. The van der Waals surface area contributed by atoms with Crippen LogP contribution < -0.4 is 10.8 Å². The second kappa shape index (κ2) is 9.88. The number of fused-ring (bicyclic) bond motifs is 1. The van der Waals surface area contributed by atoms with Crippen molar-refractivity contribution in [1.82, 2.24) is 19.9 Å². The molecule has 1 aliphatic heterocycles. The number of hydrogen-bond donors (Lipinski definition) is 2. The van der Waals surface area contributed by atoms with Crippen molar-refractivity contribution >= 4 is 34.4 Å². The van der Waals surface area contributed by atoms with E-state index in [0.717, 1.165) is 35.3 Å². The van der Waals surface area contributed by atoms with E-state index in [1.165, 1.54) is 18.3 Å². The maximum atomic E-state index is 15.4. The normalized spacial score (nSPS) is 13.5. The summed E-state index contributed by atoms with van der Waals surface area (Å²) >= 11 is 0. The molecule has 0 aliphatic carbocycles. The fourth-order valence-electron chi connectivity index (χ4n) is 4.62. The first-order valence-electron chi connectivity index (χ1n) is 12.1. The van der Waals surface area contributed by atoms with Gasteiger partial charge in [0, 0.05) is 30.2 Å². The lowest BCUT2D eigenvalue weighted by atomic mass is 10.1. The molecule has 10 heteroatoms. The summed E-state index contributed by atoms with van der Waals surface area (Å²) in [6.07, 6.45) is 3.56. The van der Waals surface area contributed by atoms with Gasteiger partial charge >= 0.3 is 6.09 Å². The molecule has 9 nitrogen and oxygen atoms in total. The van der Waals surface area contributed by atoms with Crippen LogP contribution in [-0.2, 0) is 4.84 Å². The van der Waals surface area contributed by atoms with Crippen molar-refractivity contribution in [3.05, 3.63) is 71.4 Å². The first-order chi connectivity index (χ1) is 17.8. The summed E-state index contributed by atoms with van der Waals surface area (Å²) in [5.41, 5.74) is 7.36. The molecule has 1 saturated heterocycles. The molecule has 37 heavy (non-hydrogen) atoms. The maximum Gasteiger partial charge on any atom is 0.434 e. The number of imidazole rings is 1. The number of benzene rings is 2. The molecule has 4 aromatic rings. The standard InChI is InChI=1S/C27H27FN6O3/c1-16-7-6-8-18-11-12-30-25(22(16)18)34(37-27(36)33-13-4-3-5-14-33)26(35)20-10-9-19(15-21(20)28)23-24(29)32-17(2)31-23/h6-12,15H,3-5,13-14,29H2,1-2H3,(H,31,32). The number of aromatic nitrogens is 3. The molecule has 2 amide bonds. The Kier molecular flexibility index (Phi) is 6.47. The lowest BCUT2D eigenvalue weighted by Crippen LogP contribution is -2.43. The number of aromatic amines is 1. The minimum absolute atomic E-state index is 0.114. The Morgan fingerprint density at radius 2 is 1.89 bits per heavy atom. The van der Waals surface area contributed by atoms with Gasteiger partial charge in [-0.05, 0) is 62.3 Å². The quantitative estimate of drug-likeness (QED) is 0.374. The molecule has 5 rings (SSSR count). The van der Waals surface area contributed by atoms with Crippen molar-refractivity contribution in [3.8, 4) is 11.3 Å². The number of nitrogen functional groups attached to an aromatic ring is 1. The third-order valence-corrected chi connectivity index (χ3v) is 6.48. The van der Waals surface area contributed by atoms with Gasteiger partial charge in [-0.2, -0.15) is 0 Å². The van der Waals surface area contributed by atoms with E-state index in [2.05, 4.69) is 15.0 Å². The van der Waals surface area contributed by atoms with Crippen LogP contribution in [0, 0.1) is 19.7 Å². The molecule has 0 radical (unpaired) electrons. The van der Waals surface area contributed by atoms with Gasteiger partial charge in [0.25, 0.3) is 5.91 Å². The van der Waals surface area contributed by atoms with Gasteiger partial charge < -0.3 is 20.5 Å². The third-order valence-electron chi connectivity index (χ3n) is 6.48. The van der Waals surface area contributed by atoms with E-state index in [4.69, 9.17) is 10.6 Å². The fourth-order valence-corrected chi connectivity index (χ4v) is 4.62. The number of hydroxylamine groups is 1. The Bertz CT molecular complexity index is 1490. The lowest BCUT2D eigenvalue weighted by molar-refractivity contribution is 0.0630. The van der Waals surface area contributed by atoms with Crippen LogP contribution in [0.25, 0.3) is 22.0 Å². The minimum atomic E-state index is -0.855. The molecule has 3 heterocycles. The van der Waals surface area contributed by atoms with Crippen molar-refractivity contribution in [3.63, 3.8) is 0 Å². The summed E-state index contributed by atoms with van der Waals surface area (Å²) in [5, 5.41) is 2.24. The van der Waals surface area contributed by atoms with Crippen LogP contribution in [-0.4, -0.2) is 44.9 Å². The van der Waals surface area contributed by atoms with Crippen LogP contribution in [0.1, 0.15) is 41.0 Å². The van der Waals surface area contributed by atoms with Crippen molar-refractivity contribution in [2.75, 3.05) is 23.9 Å². The number of anilines is 2. The number of aryl methyl sites for hydroxylation is 2. The number of nitrogens with zero attached hydrogens (tertiary/aromatic N) is 4. The van der Waals surface area contributed by atoms with Gasteiger partial charge in [-0.3, -0.25) is 4.79 Å². The molecule has 190 valence electrons. The zero-order valence-corrected chi connectivity index (χ0v) is 20.6. The molecular weight excluding hydrogens is 475 g/mol. The first kappa shape index (κ1) is 24.2. The molecular formula is C27H27FN6O3.